The monoisotopic (exact) mass is 504 g/mol. The molecule has 7 nitrogen and oxygen atoms in total. The molecule has 198 valence electrons. The van der Waals surface area contributed by atoms with E-state index < -0.39 is 0 Å². The molecular weight excluding hydrogens is 464 g/mol. The van der Waals surface area contributed by atoms with Gasteiger partial charge in [-0.05, 0) is 74.3 Å². The molecule has 0 spiro atoms. The number of methoxy groups -OCH3 is 2. The first-order valence-corrected chi connectivity index (χ1v) is 13.4. The number of fused-ring (bicyclic) bond motifs is 1. The number of nitrogens with one attached hydrogen (secondary N) is 1. The average molecular weight is 505 g/mol. The second-order valence-corrected chi connectivity index (χ2v) is 10.2. The number of ether oxygens (including phenoxy) is 2. The van der Waals surface area contributed by atoms with Crippen LogP contribution in [0.25, 0.3) is 10.9 Å². The fourth-order valence-electron chi connectivity index (χ4n) is 5.30. The van der Waals surface area contributed by atoms with E-state index in [-0.39, 0.29) is 5.91 Å². The van der Waals surface area contributed by atoms with Crippen LogP contribution in [-0.2, 0) is 17.6 Å². The second kappa shape index (κ2) is 12.7. The van der Waals surface area contributed by atoms with E-state index in [0.717, 1.165) is 53.8 Å². The minimum absolute atomic E-state index is 0.128. The van der Waals surface area contributed by atoms with Crippen LogP contribution in [-0.4, -0.2) is 50.2 Å². The van der Waals surface area contributed by atoms with E-state index in [0.29, 0.717) is 36.3 Å². The third kappa shape index (κ3) is 7.12. The number of para-hydroxylation sites is 1. The number of hydrogen-bond acceptors (Lipinski definition) is 6. The SMILES string of the molecule is COc1ccc(CCC(=O)NC2CCC(CCCc3nc(N(C)C)c4ccccc4n3)CC2)cc1OC. The molecule has 1 aliphatic carbocycles. The van der Waals surface area contributed by atoms with Gasteiger partial charge in [-0.3, -0.25) is 4.79 Å². The molecule has 1 saturated carbocycles. The van der Waals surface area contributed by atoms with Gasteiger partial charge in [0, 0.05) is 38.4 Å². The van der Waals surface area contributed by atoms with Crippen molar-refractivity contribution in [1.82, 2.24) is 15.3 Å². The van der Waals surface area contributed by atoms with Crippen molar-refractivity contribution < 1.29 is 14.3 Å². The highest BCUT2D eigenvalue weighted by molar-refractivity contribution is 5.89. The van der Waals surface area contributed by atoms with Gasteiger partial charge in [0.1, 0.15) is 11.6 Å². The average Bonchev–Trinajstić information content (AvgIpc) is 2.92. The summed E-state index contributed by atoms with van der Waals surface area (Å²) >= 11 is 0. The van der Waals surface area contributed by atoms with Crippen LogP contribution in [0.5, 0.6) is 11.5 Å². The fraction of sp³-hybridized carbons (Fsp3) is 0.500. The number of carbonyl (C=O) groups is 1. The molecule has 2 aromatic carbocycles. The maximum absolute atomic E-state index is 12.6. The molecule has 0 bridgehead atoms. The topological polar surface area (TPSA) is 76.6 Å². The van der Waals surface area contributed by atoms with Crippen LogP contribution in [0.4, 0.5) is 5.82 Å². The Morgan fingerprint density at radius 3 is 2.46 bits per heavy atom. The number of nitrogens with zero attached hydrogens (tertiary/aromatic N) is 3. The minimum Gasteiger partial charge on any atom is -0.493 e. The first-order chi connectivity index (χ1) is 18.0. The van der Waals surface area contributed by atoms with Gasteiger partial charge in [0.15, 0.2) is 11.5 Å². The molecule has 37 heavy (non-hydrogen) atoms. The summed E-state index contributed by atoms with van der Waals surface area (Å²) in [6, 6.07) is 14.3. The van der Waals surface area contributed by atoms with E-state index in [9.17, 15) is 4.79 Å². The van der Waals surface area contributed by atoms with Gasteiger partial charge < -0.3 is 19.7 Å². The van der Waals surface area contributed by atoms with Crippen LogP contribution in [0.15, 0.2) is 42.5 Å². The summed E-state index contributed by atoms with van der Waals surface area (Å²) < 4.78 is 10.7. The van der Waals surface area contributed by atoms with Crippen LogP contribution >= 0.6 is 0 Å². The second-order valence-electron chi connectivity index (χ2n) is 10.2. The third-order valence-corrected chi connectivity index (χ3v) is 7.37. The zero-order chi connectivity index (χ0) is 26.2. The highest BCUT2D eigenvalue weighted by Gasteiger charge is 2.22. The molecule has 4 rings (SSSR count). The lowest BCUT2D eigenvalue weighted by molar-refractivity contribution is -0.122. The van der Waals surface area contributed by atoms with Crippen LogP contribution in [0.3, 0.4) is 0 Å². The first kappa shape index (κ1) is 26.7. The van der Waals surface area contributed by atoms with Crippen LogP contribution in [0.1, 0.15) is 56.3 Å². The Morgan fingerprint density at radius 1 is 0.973 bits per heavy atom. The van der Waals surface area contributed by atoms with Crippen molar-refractivity contribution in [3.05, 3.63) is 53.9 Å². The maximum Gasteiger partial charge on any atom is 0.220 e. The Kier molecular flexibility index (Phi) is 9.20. The van der Waals surface area contributed by atoms with Gasteiger partial charge >= 0.3 is 0 Å². The summed E-state index contributed by atoms with van der Waals surface area (Å²) in [5, 5.41) is 4.35. The maximum atomic E-state index is 12.6. The molecule has 1 N–H and O–H groups in total. The van der Waals surface area contributed by atoms with Crippen molar-refractivity contribution in [2.45, 2.75) is 63.8 Å². The van der Waals surface area contributed by atoms with Crippen LogP contribution in [0.2, 0.25) is 0 Å². The molecule has 0 radical (unpaired) electrons. The number of aromatic nitrogens is 2. The first-order valence-electron chi connectivity index (χ1n) is 13.4. The van der Waals surface area contributed by atoms with Crippen molar-refractivity contribution in [1.29, 1.82) is 0 Å². The number of amides is 1. The smallest absolute Gasteiger partial charge is 0.220 e. The lowest BCUT2D eigenvalue weighted by Gasteiger charge is -2.29. The van der Waals surface area contributed by atoms with Gasteiger partial charge in [-0.15, -0.1) is 0 Å². The predicted molar refractivity (Wildman–Crippen MR) is 149 cm³/mol. The molecule has 0 atom stereocenters. The van der Waals surface area contributed by atoms with E-state index in [1.54, 1.807) is 14.2 Å². The molecular formula is C30H40N4O3. The quantitative estimate of drug-likeness (QED) is 0.380. The fourth-order valence-corrected chi connectivity index (χ4v) is 5.30. The molecule has 0 aliphatic heterocycles. The molecule has 1 fully saturated rings. The summed E-state index contributed by atoms with van der Waals surface area (Å²) in [5.41, 5.74) is 2.09. The summed E-state index contributed by atoms with van der Waals surface area (Å²) in [6.45, 7) is 0. The number of anilines is 1. The molecule has 1 heterocycles. The van der Waals surface area contributed by atoms with Gasteiger partial charge in [0.25, 0.3) is 0 Å². The Bertz CT molecular complexity index is 1190. The van der Waals surface area contributed by atoms with Gasteiger partial charge in [0.05, 0.1) is 19.7 Å². The lowest BCUT2D eigenvalue weighted by Crippen LogP contribution is -2.37. The molecule has 1 aliphatic rings. The van der Waals surface area contributed by atoms with Crippen molar-refractivity contribution >= 4 is 22.6 Å². The normalized spacial score (nSPS) is 17.4. The highest BCUT2D eigenvalue weighted by atomic mass is 16.5. The van der Waals surface area contributed by atoms with Gasteiger partial charge in [-0.1, -0.05) is 24.6 Å². The third-order valence-electron chi connectivity index (χ3n) is 7.37. The van der Waals surface area contributed by atoms with Crippen molar-refractivity contribution in [3.63, 3.8) is 0 Å². The summed E-state index contributed by atoms with van der Waals surface area (Å²) in [4.78, 5) is 24.3. The van der Waals surface area contributed by atoms with E-state index in [2.05, 4.69) is 22.3 Å². The molecule has 3 aromatic rings. The van der Waals surface area contributed by atoms with Crippen LogP contribution < -0.4 is 19.7 Å². The molecule has 1 amide bonds. The predicted octanol–water partition coefficient (Wildman–Crippen LogP) is 5.34. The van der Waals surface area contributed by atoms with Crippen molar-refractivity contribution in [2.75, 3.05) is 33.2 Å². The van der Waals surface area contributed by atoms with Crippen molar-refractivity contribution in [2.24, 2.45) is 5.92 Å². The minimum atomic E-state index is 0.128. The highest BCUT2D eigenvalue weighted by Crippen LogP contribution is 2.30. The van der Waals surface area contributed by atoms with Gasteiger partial charge in [-0.25, -0.2) is 9.97 Å². The van der Waals surface area contributed by atoms with Crippen molar-refractivity contribution in [3.8, 4) is 11.5 Å². The van der Waals surface area contributed by atoms with E-state index >= 15 is 0 Å². The van der Waals surface area contributed by atoms with Crippen LogP contribution in [0, 0.1) is 5.92 Å². The zero-order valence-electron chi connectivity index (χ0n) is 22.6. The Morgan fingerprint density at radius 2 is 1.73 bits per heavy atom. The van der Waals surface area contributed by atoms with E-state index in [4.69, 9.17) is 19.4 Å². The Labute approximate surface area is 220 Å². The number of carbonyl (C=O) groups excluding carboxylic acids is 1. The molecule has 0 saturated heterocycles. The zero-order valence-corrected chi connectivity index (χ0v) is 22.6. The largest absolute Gasteiger partial charge is 0.493 e. The Balaban J connectivity index is 1.18. The summed E-state index contributed by atoms with van der Waals surface area (Å²) in [6.07, 6.45) is 8.81. The number of hydrogen-bond donors (Lipinski definition) is 1. The lowest BCUT2D eigenvalue weighted by atomic mass is 9.83. The van der Waals surface area contributed by atoms with E-state index in [1.807, 2.05) is 44.4 Å². The standard InChI is InChI=1S/C30H40N4O3/c1-34(2)30-24-9-5-6-10-25(24)32-28(33-30)11-7-8-21-12-16-23(17-13-21)31-29(35)19-15-22-14-18-26(36-3)27(20-22)37-4/h5-6,9-10,14,18,20-21,23H,7-8,11-13,15-17,19H2,1-4H3,(H,31,35). The molecule has 7 heteroatoms. The van der Waals surface area contributed by atoms with Gasteiger partial charge in [-0.2, -0.15) is 0 Å². The summed E-state index contributed by atoms with van der Waals surface area (Å²) in [7, 11) is 7.32. The number of aryl methyl sites for hydroxylation is 2. The van der Waals surface area contributed by atoms with E-state index in [1.165, 1.54) is 19.3 Å². The number of rotatable bonds is 11. The number of benzene rings is 2. The summed E-state index contributed by atoms with van der Waals surface area (Å²) in [5.74, 6) is 4.16. The Hall–Kier alpha value is -3.35. The van der Waals surface area contributed by atoms with Gasteiger partial charge in [0.2, 0.25) is 5.91 Å². The molecule has 1 aromatic heterocycles. The molecule has 0 unspecified atom stereocenters.